The number of allylic oxidation sites excluding steroid dienone is 2. The van der Waals surface area contributed by atoms with Crippen molar-refractivity contribution >= 4 is 11.9 Å². The Morgan fingerprint density at radius 2 is 2.18 bits per heavy atom. The average molecular weight is 239 g/mol. The van der Waals surface area contributed by atoms with E-state index in [0.29, 0.717) is 6.54 Å². The molecule has 0 heterocycles. The summed E-state index contributed by atoms with van der Waals surface area (Å²) in [7, 11) is 1.35. The average Bonchev–Trinajstić information content (AvgIpc) is 2.38. The summed E-state index contributed by atoms with van der Waals surface area (Å²) >= 11 is 0. The Hall–Kier alpha value is -1.32. The fourth-order valence-electron chi connectivity index (χ4n) is 2.03. The van der Waals surface area contributed by atoms with Crippen LogP contribution in [0.25, 0.3) is 0 Å². The third kappa shape index (κ3) is 4.21. The summed E-state index contributed by atoms with van der Waals surface area (Å²) < 4.78 is 4.62. The van der Waals surface area contributed by atoms with Crippen molar-refractivity contribution in [2.24, 2.45) is 5.92 Å². The maximum Gasteiger partial charge on any atom is 0.325 e. The molecule has 0 N–H and O–H groups in total. The van der Waals surface area contributed by atoms with Gasteiger partial charge in [-0.15, -0.1) is 0 Å². The highest BCUT2D eigenvalue weighted by Crippen LogP contribution is 2.20. The molecule has 1 amide bonds. The first-order valence-corrected chi connectivity index (χ1v) is 6.19. The Morgan fingerprint density at radius 3 is 2.71 bits per heavy atom. The van der Waals surface area contributed by atoms with Crippen LogP contribution < -0.4 is 0 Å². The molecule has 17 heavy (non-hydrogen) atoms. The molecule has 0 aromatic carbocycles. The molecule has 0 aromatic heterocycles. The van der Waals surface area contributed by atoms with Crippen molar-refractivity contribution in [2.75, 3.05) is 20.2 Å². The van der Waals surface area contributed by atoms with E-state index in [2.05, 4.69) is 10.8 Å². The molecule has 0 saturated heterocycles. The van der Waals surface area contributed by atoms with Gasteiger partial charge >= 0.3 is 5.97 Å². The molecule has 0 aromatic rings. The van der Waals surface area contributed by atoms with Crippen LogP contribution in [0.3, 0.4) is 0 Å². The number of carbonyl (C=O) groups is 2. The van der Waals surface area contributed by atoms with Crippen molar-refractivity contribution < 1.29 is 14.3 Å². The second-order valence-corrected chi connectivity index (χ2v) is 4.32. The Bertz CT molecular complexity index is 299. The lowest BCUT2D eigenvalue weighted by molar-refractivity contribution is -0.148. The molecule has 4 heteroatoms. The van der Waals surface area contributed by atoms with Crippen LogP contribution in [0.5, 0.6) is 0 Å². The summed E-state index contributed by atoms with van der Waals surface area (Å²) in [6, 6.07) is 0. The maximum absolute atomic E-state index is 12.2. The highest BCUT2D eigenvalue weighted by molar-refractivity contribution is 5.83. The van der Waals surface area contributed by atoms with Crippen LogP contribution in [0.4, 0.5) is 0 Å². The highest BCUT2D eigenvalue weighted by Gasteiger charge is 2.25. The molecular weight excluding hydrogens is 218 g/mol. The van der Waals surface area contributed by atoms with Crippen molar-refractivity contribution in [2.45, 2.75) is 32.6 Å². The number of nitrogens with zero attached hydrogens (tertiary/aromatic N) is 1. The summed E-state index contributed by atoms with van der Waals surface area (Å²) in [6.07, 6.45) is 7.64. The molecule has 1 unspecified atom stereocenters. The Labute approximate surface area is 103 Å². The maximum atomic E-state index is 12.2. The first kappa shape index (κ1) is 13.7. The molecular formula is C13H21NO3. The van der Waals surface area contributed by atoms with Crippen molar-refractivity contribution in [3.8, 4) is 0 Å². The molecule has 0 radical (unpaired) electrons. The molecule has 0 saturated carbocycles. The largest absolute Gasteiger partial charge is 0.468 e. The third-order valence-corrected chi connectivity index (χ3v) is 2.97. The highest BCUT2D eigenvalue weighted by atomic mass is 16.5. The van der Waals surface area contributed by atoms with E-state index in [0.717, 1.165) is 25.7 Å². The fraction of sp³-hybridized carbons (Fsp3) is 0.692. The van der Waals surface area contributed by atoms with Crippen LogP contribution in [0.1, 0.15) is 32.6 Å². The van der Waals surface area contributed by atoms with Gasteiger partial charge in [0.1, 0.15) is 6.54 Å². The van der Waals surface area contributed by atoms with Gasteiger partial charge in [0.05, 0.1) is 7.11 Å². The number of hydrogen-bond acceptors (Lipinski definition) is 3. The van der Waals surface area contributed by atoms with Gasteiger partial charge in [-0.2, -0.15) is 0 Å². The molecule has 1 aliphatic carbocycles. The topological polar surface area (TPSA) is 46.6 Å². The molecule has 0 spiro atoms. The first-order valence-electron chi connectivity index (χ1n) is 6.19. The van der Waals surface area contributed by atoms with E-state index in [4.69, 9.17) is 0 Å². The lowest BCUT2D eigenvalue weighted by atomic mass is 9.93. The molecule has 4 nitrogen and oxygen atoms in total. The molecule has 0 fully saturated rings. The monoisotopic (exact) mass is 239 g/mol. The van der Waals surface area contributed by atoms with E-state index in [1.54, 1.807) is 4.90 Å². The summed E-state index contributed by atoms with van der Waals surface area (Å²) in [5.74, 6) is -0.226. The number of hydrogen-bond donors (Lipinski definition) is 0. The van der Waals surface area contributed by atoms with Crippen LogP contribution >= 0.6 is 0 Å². The van der Waals surface area contributed by atoms with Crippen LogP contribution in [0.2, 0.25) is 0 Å². The number of rotatable bonds is 5. The second-order valence-electron chi connectivity index (χ2n) is 4.32. The number of amides is 1. The van der Waals surface area contributed by atoms with E-state index in [1.807, 2.05) is 13.0 Å². The Kier molecular flexibility index (Phi) is 5.73. The predicted molar refractivity (Wildman–Crippen MR) is 65.4 cm³/mol. The van der Waals surface area contributed by atoms with E-state index in [9.17, 15) is 9.59 Å². The lowest BCUT2D eigenvalue weighted by Gasteiger charge is -2.26. The summed E-state index contributed by atoms with van der Waals surface area (Å²) in [5, 5.41) is 0. The van der Waals surface area contributed by atoms with Crippen LogP contribution in [-0.4, -0.2) is 37.0 Å². The normalized spacial score (nSPS) is 18.8. The van der Waals surface area contributed by atoms with Crippen molar-refractivity contribution in [3.05, 3.63) is 12.2 Å². The molecule has 1 atom stereocenters. The number of methoxy groups -OCH3 is 1. The van der Waals surface area contributed by atoms with Gasteiger partial charge < -0.3 is 9.64 Å². The van der Waals surface area contributed by atoms with Crippen molar-refractivity contribution in [1.29, 1.82) is 0 Å². The fourth-order valence-corrected chi connectivity index (χ4v) is 2.03. The van der Waals surface area contributed by atoms with Gasteiger partial charge in [-0.1, -0.05) is 19.1 Å². The minimum absolute atomic E-state index is 0.0382. The minimum Gasteiger partial charge on any atom is -0.468 e. The first-order chi connectivity index (χ1) is 8.19. The van der Waals surface area contributed by atoms with Gasteiger partial charge in [0.2, 0.25) is 5.91 Å². The molecule has 96 valence electrons. The van der Waals surface area contributed by atoms with E-state index >= 15 is 0 Å². The quantitative estimate of drug-likeness (QED) is 0.542. The summed E-state index contributed by atoms with van der Waals surface area (Å²) in [6.45, 7) is 2.69. The van der Waals surface area contributed by atoms with E-state index in [-0.39, 0.29) is 24.3 Å². The van der Waals surface area contributed by atoms with Crippen LogP contribution in [0.15, 0.2) is 12.2 Å². The van der Waals surface area contributed by atoms with Gasteiger partial charge in [-0.05, 0) is 25.7 Å². The standard InChI is InChI=1S/C13H21NO3/c1-3-9-14(10-12(15)17-2)13(16)11-7-5-4-6-8-11/h4-5,11H,3,6-10H2,1-2H3. The van der Waals surface area contributed by atoms with Gasteiger partial charge in [0.15, 0.2) is 0 Å². The van der Waals surface area contributed by atoms with Gasteiger partial charge in [-0.25, -0.2) is 0 Å². The zero-order valence-corrected chi connectivity index (χ0v) is 10.6. The SMILES string of the molecule is CCCN(CC(=O)OC)C(=O)C1CC=CCC1. The zero-order valence-electron chi connectivity index (χ0n) is 10.6. The smallest absolute Gasteiger partial charge is 0.325 e. The molecule has 0 aliphatic heterocycles. The number of ether oxygens (including phenoxy) is 1. The predicted octanol–water partition coefficient (Wildman–Crippen LogP) is 1.75. The lowest BCUT2D eigenvalue weighted by Crippen LogP contribution is -2.40. The second kappa shape index (κ2) is 7.09. The van der Waals surface area contributed by atoms with E-state index < -0.39 is 0 Å². The summed E-state index contributed by atoms with van der Waals surface area (Å²) in [4.78, 5) is 25.1. The van der Waals surface area contributed by atoms with Gasteiger partial charge in [0.25, 0.3) is 0 Å². The molecule has 0 bridgehead atoms. The van der Waals surface area contributed by atoms with Gasteiger partial charge in [-0.3, -0.25) is 9.59 Å². The zero-order chi connectivity index (χ0) is 12.7. The number of esters is 1. The third-order valence-electron chi connectivity index (χ3n) is 2.97. The molecule has 1 rings (SSSR count). The van der Waals surface area contributed by atoms with Crippen molar-refractivity contribution in [1.82, 2.24) is 4.90 Å². The Morgan fingerprint density at radius 1 is 1.41 bits per heavy atom. The van der Waals surface area contributed by atoms with Crippen LogP contribution in [0, 0.1) is 5.92 Å². The Balaban J connectivity index is 2.58. The summed E-state index contributed by atoms with van der Waals surface area (Å²) in [5.41, 5.74) is 0. The van der Waals surface area contributed by atoms with Crippen molar-refractivity contribution in [3.63, 3.8) is 0 Å². The van der Waals surface area contributed by atoms with Crippen LogP contribution in [-0.2, 0) is 14.3 Å². The van der Waals surface area contributed by atoms with Gasteiger partial charge in [0, 0.05) is 12.5 Å². The number of carbonyl (C=O) groups excluding carboxylic acids is 2. The molecule has 1 aliphatic rings. The van der Waals surface area contributed by atoms with E-state index in [1.165, 1.54) is 7.11 Å². The minimum atomic E-state index is -0.349.